The van der Waals surface area contributed by atoms with E-state index in [0.29, 0.717) is 11.1 Å². The lowest BCUT2D eigenvalue weighted by molar-refractivity contribution is 0.317. The summed E-state index contributed by atoms with van der Waals surface area (Å²) >= 11 is 0. The first-order valence-corrected chi connectivity index (χ1v) is 19.3. The monoisotopic (exact) mass is 782 g/mol. The van der Waals surface area contributed by atoms with E-state index in [9.17, 15) is 34.4 Å². The van der Waals surface area contributed by atoms with Gasteiger partial charge in [0, 0.05) is 0 Å². The second kappa shape index (κ2) is 15.7. The molecule has 5 aromatic carbocycles. The van der Waals surface area contributed by atoms with Crippen LogP contribution in [0.2, 0.25) is 0 Å². The number of halogens is 4. The Morgan fingerprint density at radius 3 is 1.35 bits per heavy atom. The summed E-state index contributed by atoms with van der Waals surface area (Å²) in [4.78, 5) is 8.53. The summed E-state index contributed by atoms with van der Waals surface area (Å²) in [5.74, 6) is -2.87. The second-order valence-corrected chi connectivity index (χ2v) is 15.1. The lowest BCUT2D eigenvalue weighted by atomic mass is 10.1. The SMILES string of the molecule is CS(=O)(=O)Oc1ccc(C2COC(c3c(F)cccc3F)=N2)cc1.Cc1ccc(S(=O)(=O)Oc2ccc(C3COC(c4c(F)cccc4F)=N3)cc2)cc1. The lowest BCUT2D eigenvalue weighted by Gasteiger charge is -2.09. The number of hydrogen-bond donors (Lipinski definition) is 0. The normalized spacial score (nSPS) is 16.6. The Morgan fingerprint density at radius 2 is 0.963 bits per heavy atom. The van der Waals surface area contributed by atoms with Crippen LogP contribution in [0.4, 0.5) is 17.6 Å². The van der Waals surface area contributed by atoms with Crippen LogP contribution in [0.3, 0.4) is 0 Å². The zero-order valence-corrected chi connectivity index (χ0v) is 30.1. The molecule has 0 N–H and O–H groups in total. The average molecular weight is 783 g/mol. The van der Waals surface area contributed by atoms with Gasteiger partial charge < -0.3 is 17.8 Å². The summed E-state index contributed by atoms with van der Waals surface area (Å²) in [6.45, 7) is 2.11. The van der Waals surface area contributed by atoms with Gasteiger partial charge in [-0.1, -0.05) is 54.1 Å². The molecule has 0 spiro atoms. The molecule has 0 aliphatic carbocycles. The summed E-state index contributed by atoms with van der Waals surface area (Å²) in [7, 11) is -7.55. The minimum Gasteiger partial charge on any atom is -0.475 e. The van der Waals surface area contributed by atoms with Crippen LogP contribution in [0, 0.1) is 30.2 Å². The number of rotatable bonds is 9. The van der Waals surface area contributed by atoms with Crippen molar-refractivity contribution in [3.8, 4) is 11.5 Å². The highest BCUT2D eigenvalue weighted by Crippen LogP contribution is 2.30. The number of aliphatic imine (C=N–C) groups is 2. The Kier molecular flexibility index (Phi) is 11.0. The molecule has 0 radical (unpaired) electrons. The predicted octanol–water partition coefficient (Wildman–Crippen LogP) is 7.38. The van der Waals surface area contributed by atoms with Gasteiger partial charge in [-0.25, -0.2) is 27.5 Å². The number of nitrogens with zero attached hydrogens (tertiary/aromatic N) is 2. The van der Waals surface area contributed by atoms with E-state index >= 15 is 0 Å². The molecular formula is C38H30F4N2O8S2. The zero-order chi connectivity index (χ0) is 38.6. The van der Waals surface area contributed by atoms with Gasteiger partial charge >= 0.3 is 20.2 Å². The van der Waals surface area contributed by atoms with Crippen molar-refractivity contribution in [3.05, 3.63) is 160 Å². The van der Waals surface area contributed by atoms with Gasteiger partial charge in [0.2, 0.25) is 11.8 Å². The average Bonchev–Trinajstić information content (AvgIpc) is 3.80. The molecule has 54 heavy (non-hydrogen) atoms. The zero-order valence-electron chi connectivity index (χ0n) is 28.4. The van der Waals surface area contributed by atoms with Crippen LogP contribution >= 0.6 is 0 Å². The van der Waals surface area contributed by atoms with Crippen LogP contribution in [-0.2, 0) is 29.7 Å². The number of hydrogen-bond acceptors (Lipinski definition) is 10. The molecule has 0 aromatic heterocycles. The van der Waals surface area contributed by atoms with Crippen molar-refractivity contribution >= 4 is 32.0 Å². The molecule has 0 amide bonds. The molecule has 2 atom stereocenters. The maximum absolute atomic E-state index is 13.9. The molecule has 280 valence electrons. The lowest BCUT2D eigenvalue weighted by Crippen LogP contribution is -2.09. The Balaban J connectivity index is 0.000000189. The first kappa shape index (κ1) is 38.0. The van der Waals surface area contributed by atoms with Crippen molar-refractivity contribution in [2.75, 3.05) is 19.5 Å². The fourth-order valence-corrected chi connectivity index (χ4v) is 6.70. The van der Waals surface area contributed by atoms with Gasteiger partial charge in [0.25, 0.3) is 0 Å². The molecule has 0 bridgehead atoms. The summed E-state index contributed by atoms with van der Waals surface area (Å²) in [6.07, 6.45) is 0.950. The topological polar surface area (TPSA) is 130 Å². The van der Waals surface area contributed by atoms with Crippen molar-refractivity contribution < 1.29 is 52.2 Å². The fourth-order valence-electron chi connectivity index (χ4n) is 5.31. The van der Waals surface area contributed by atoms with Crippen LogP contribution in [0.15, 0.2) is 124 Å². The molecule has 7 rings (SSSR count). The highest BCUT2D eigenvalue weighted by molar-refractivity contribution is 7.87. The first-order valence-electron chi connectivity index (χ1n) is 16.1. The van der Waals surface area contributed by atoms with Gasteiger partial charge in [0.05, 0.1) is 6.26 Å². The van der Waals surface area contributed by atoms with E-state index in [1.807, 2.05) is 6.92 Å². The molecule has 5 aromatic rings. The summed E-state index contributed by atoms with van der Waals surface area (Å²) in [6, 6.07) is 25.0. The largest absolute Gasteiger partial charge is 0.475 e. The van der Waals surface area contributed by atoms with Gasteiger partial charge in [-0.2, -0.15) is 16.8 Å². The Morgan fingerprint density at radius 1 is 0.574 bits per heavy atom. The predicted molar refractivity (Wildman–Crippen MR) is 191 cm³/mol. The van der Waals surface area contributed by atoms with E-state index in [4.69, 9.17) is 17.8 Å². The first-order chi connectivity index (χ1) is 25.7. The third-order valence-corrected chi connectivity index (χ3v) is 9.70. The van der Waals surface area contributed by atoms with E-state index < -0.39 is 55.6 Å². The molecular weight excluding hydrogens is 753 g/mol. The van der Waals surface area contributed by atoms with Crippen LogP contribution < -0.4 is 8.37 Å². The van der Waals surface area contributed by atoms with Crippen LogP contribution in [-0.4, -0.2) is 48.1 Å². The molecule has 0 saturated carbocycles. The highest BCUT2D eigenvalue weighted by atomic mass is 32.2. The second-order valence-electron chi connectivity index (χ2n) is 12.0. The van der Waals surface area contributed by atoms with Crippen molar-refractivity contribution in [2.24, 2.45) is 9.98 Å². The van der Waals surface area contributed by atoms with Gasteiger partial charge in [0.1, 0.15) is 76.1 Å². The third-order valence-electron chi connectivity index (χ3n) is 7.95. The maximum atomic E-state index is 13.9. The van der Waals surface area contributed by atoms with E-state index in [0.717, 1.165) is 36.1 Å². The number of benzene rings is 5. The molecule has 10 nitrogen and oxygen atoms in total. The van der Waals surface area contributed by atoms with Crippen molar-refractivity contribution in [1.29, 1.82) is 0 Å². The highest BCUT2D eigenvalue weighted by Gasteiger charge is 2.28. The van der Waals surface area contributed by atoms with Crippen LogP contribution in [0.25, 0.3) is 0 Å². The van der Waals surface area contributed by atoms with Gasteiger partial charge in [-0.05, 0) is 78.7 Å². The van der Waals surface area contributed by atoms with Gasteiger partial charge in [0.15, 0.2) is 0 Å². The Hall–Kier alpha value is -5.74. The van der Waals surface area contributed by atoms with Crippen molar-refractivity contribution in [1.82, 2.24) is 0 Å². The van der Waals surface area contributed by atoms with Crippen molar-refractivity contribution in [3.63, 3.8) is 0 Å². The molecule has 0 fully saturated rings. The smallest absolute Gasteiger partial charge is 0.339 e. The minimum absolute atomic E-state index is 0.0579. The third kappa shape index (κ3) is 9.06. The van der Waals surface area contributed by atoms with Crippen LogP contribution in [0.5, 0.6) is 11.5 Å². The molecule has 2 heterocycles. The minimum atomic E-state index is -3.95. The standard InChI is InChI=1S/C22H17F2NO4S.C16H13F2NO4S/c1-14-5-11-17(12-6-14)30(26,27)29-16-9-7-15(8-10-16)20-13-28-22(25-20)21-18(23)3-2-4-19(21)24;1-24(20,21)23-11-7-5-10(6-8-11)14-9-22-16(19-14)15-12(17)3-2-4-13(15)18/h2-12,20H,13H2,1H3;2-8,14H,9H2,1H3. The van der Waals surface area contributed by atoms with Crippen molar-refractivity contribution in [2.45, 2.75) is 23.9 Å². The molecule has 16 heteroatoms. The van der Waals surface area contributed by atoms with E-state index in [1.165, 1.54) is 48.5 Å². The summed E-state index contributed by atoms with van der Waals surface area (Å²) in [5.41, 5.74) is 1.75. The molecule has 2 unspecified atom stereocenters. The quantitative estimate of drug-likeness (QED) is 0.112. The summed E-state index contributed by atoms with van der Waals surface area (Å²) in [5, 5.41) is 0. The maximum Gasteiger partial charge on any atom is 0.339 e. The van der Waals surface area contributed by atoms with Gasteiger partial charge in [-0.15, -0.1) is 0 Å². The fraction of sp³-hybridized carbons (Fsp3) is 0.158. The number of ether oxygens (including phenoxy) is 2. The Bertz CT molecular complexity index is 2400. The molecule has 2 aliphatic heterocycles. The molecule has 0 saturated heterocycles. The Labute approximate surface area is 308 Å². The summed E-state index contributed by atoms with van der Waals surface area (Å²) < 4.78 is 123. The number of aryl methyl sites for hydroxylation is 1. The van der Waals surface area contributed by atoms with Gasteiger partial charge in [-0.3, -0.25) is 0 Å². The van der Waals surface area contributed by atoms with Crippen LogP contribution in [0.1, 0.15) is 39.9 Å². The molecule has 2 aliphatic rings. The van der Waals surface area contributed by atoms with E-state index in [2.05, 4.69) is 9.98 Å². The van der Waals surface area contributed by atoms with E-state index in [1.54, 1.807) is 36.4 Å². The van der Waals surface area contributed by atoms with E-state index in [-0.39, 0.29) is 52.5 Å².